The molecule has 1 heterocycles. The fourth-order valence-electron chi connectivity index (χ4n) is 2.36. The molecule has 1 aliphatic rings. The van der Waals surface area contributed by atoms with E-state index in [-0.39, 0.29) is 0 Å². The molecule has 1 aliphatic heterocycles. The molecule has 0 amide bonds. The molecular weight excluding hydrogens is 293 g/mol. The van der Waals surface area contributed by atoms with Gasteiger partial charge in [-0.05, 0) is 43.3 Å². The number of nitrogens with one attached hydrogen (secondary N) is 1. The van der Waals surface area contributed by atoms with E-state index in [1.807, 2.05) is 14.1 Å². The van der Waals surface area contributed by atoms with Crippen LogP contribution < -0.4 is 14.7 Å². The van der Waals surface area contributed by atoms with Crippen molar-refractivity contribution >= 4 is 25.5 Å². The maximum atomic E-state index is 5.90. The van der Waals surface area contributed by atoms with E-state index in [0.717, 1.165) is 18.8 Å². The third-order valence-corrected chi connectivity index (χ3v) is 5.42. The largest absolute Gasteiger partial charge is 0.378 e. The van der Waals surface area contributed by atoms with Crippen molar-refractivity contribution in [2.24, 2.45) is 0 Å². The lowest BCUT2D eigenvalue weighted by molar-refractivity contribution is 0.400. The maximum Gasteiger partial charge on any atom is 0.245 e. The van der Waals surface area contributed by atoms with Gasteiger partial charge in [0.2, 0.25) is 8.45 Å². The summed E-state index contributed by atoms with van der Waals surface area (Å²) in [6.07, 6.45) is 0. The van der Waals surface area contributed by atoms with E-state index < -0.39 is 8.45 Å². The number of hydrogen-bond acceptors (Lipinski definition) is 4. The van der Waals surface area contributed by atoms with Gasteiger partial charge in [-0.3, -0.25) is 0 Å². The molecule has 2 aromatic carbocycles. The van der Waals surface area contributed by atoms with Gasteiger partial charge in [0.25, 0.3) is 0 Å². The van der Waals surface area contributed by atoms with E-state index in [9.17, 15) is 0 Å². The summed E-state index contributed by atoms with van der Waals surface area (Å²) >= 11 is 0. The second kappa shape index (κ2) is 6.55. The molecule has 0 bridgehead atoms. The van der Waals surface area contributed by atoms with Crippen LogP contribution >= 0.6 is 8.45 Å². The summed E-state index contributed by atoms with van der Waals surface area (Å²) in [5.74, 6) is 0. The van der Waals surface area contributed by atoms with Crippen molar-refractivity contribution in [1.29, 1.82) is 0 Å². The predicted molar refractivity (Wildman–Crippen MR) is 95.8 cm³/mol. The molecule has 1 fully saturated rings. The lowest BCUT2D eigenvalue weighted by atomic mass is 10.2. The summed E-state index contributed by atoms with van der Waals surface area (Å²) in [6.45, 7) is 3.80. The second-order valence-corrected chi connectivity index (χ2v) is 7.13. The van der Waals surface area contributed by atoms with Crippen LogP contribution in [0.25, 0.3) is 0 Å². The van der Waals surface area contributed by atoms with Gasteiger partial charge in [0.1, 0.15) is 0 Å². The van der Waals surface area contributed by atoms with Crippen LogP contribution in [0.4, 0.5) is 17.1 Å². The zero-order valence-electron chi connectivity index (χ0n) is 13.3. The first-order valence-corrected chi connectivity index (χ1v) is 8.66. The van der Waals surface area contributed by atoms with Gasteiger partial charge in [-0.2, -0.15) is 0 Å². The Morgan fingerprint density at radius 2 is 1.73 bits per heavy atom. The summed E-state index contributed by atoms with van der Waals surface area (Å²) < 4.78 is 8.22. The third kappa shape index (κ3) is 3.34. The summed E-state index contributed by atoms with van der Waals surface area (Å²) in [7, 11) is 3.27. The SMILES string of the molecule is Cc1ccc(N2CCOP2Nc2ccc(N(C)C)cc2)cc1. The molecule has 4 nitrogen and oxygen atoms in total. The van der Waals surface area contributed by atoms with Crippen LogP contribution in [0.1, 0.15) is 5.56 Å². The quantitative estimate of drug-likeness (QED) is 0.854. The summed E-state index contributed by atoms with van der Waals surface area (Å²) in [4.78, 5) is 2.10. The van der Waals surface area contributed by atoms with Crippen LogP contribution in [0, 0.1) is 6.92 Å². The fourth-order valence-corrected chi connectivity index (χ4v) is 3.92. The van der Waals surface area contributed by atoms with Crippen molar-refractivity contribution in [3.8, 4) is 0 Å². The summed E-state index contributed by atoms with van der Waals surface area (Å²) in [5.41, 5.74) is 4.78. The number of anilines is 3. The number of rotatable bonds is 4. The second-order valence-electron chi connectivity index (χ2n) is 5.62. The molecular formula is C17H22N3OP. The Labute approximate surface area is 133 Å². The smallest absolute Gasteiger partial charge is 0.245 e. The van der Waals surface area contributed by atoms with Gasteiger partial charge in [0, 0.05) is 37.7 Å². The molecule has 0 saturated carbocycles. The van der Waals surface area contributed by atoms with Crippen molar-refractivity contribution in [3.05, 3.63) is 54.1 Å². The average Bonchev–Trinajstić information content (AvgIpc) is 2.97. The number of aryl methyl sites for hydroxylation is 1. The van der Waals surface area contributed by atoms with Crippen LogP contribution in [0.5, 0.6) is 0 Å². The highest BCUT2D eigenvalue weighted by molar-refractivity contribution is 7.56. The van der Waals surface area contributed by atoms with Gasteiger partial charge in [0.15, 0.2) is 0 Å². The number of hydrogen-bond donors (Lipinski definition) is 1. The highest BCUT2D eigenvalue weighted by Gasteiger charge is 2.27. The molecule has 1 atom stereocenters. The molecule has 1 unspecified atom stereocenters. The molecule has 1 saturated heterocycles. The van der Waals surface area contributed by atoms with E-state index in [4.69, 9.17) is 4.52 Å². The number of benzene rings is 2. The van der Waals surface area contributed by atoms with Crippen molar-refractivity contribution in [1.82, 2.24) is 0 Å². The van der Waals surface area contributed by atoms with Crippen molar-refractivity contribution in [2.45, 2.75) is 6.92 Å². The van der Waals surface area contributed by atoms with Crippen molar-refractivity contribution < 1.29 is 4.52 Å². The lowest BCUT2D eigenvalue weighted by Gasteiger charge is -2.25. The molecule has 0 aromatic heterocycles. The van der Waals surface area contributed by atoms with E-state index in [2.05, 4.69) is 70.1 Å². The molecule has 0 spiro atoms. The van der Waals surface area contributed by atoms with Gasteiger partial charge in [0.05, 0.1) is 6.61 Å². The molecule has 2 aromatic rings. The summed E-state index contributed by atoms with van der Waals surface area (Å²) in [6, 6.07) is 17.1. The van der Waals surface area contributed by atoms with Crippen molar-refractivity contribution in [3.63, 3.8) is 0 Å². The first-order chi connectivity index (χ1) is 10.6. The highest BCUT2D eigenvalue weighted by atomic mass is 31.2. The van der Waals surface area contributed by atoms with Crippen LogP contribution in [0.2, 0.25) is 0 Å². The Morgan fingerprint density at radius 1 is 1.05 bits per heavy atom. The highest BCUT2D eigenvalue weighted by Crippen LogP contribution is 2.48. The molecule has 22 heavy (non-hydrogen) atoms. The van der Waals surface area contributed by atoms with Gasteiger partial charge >= 0.3 is 0 Å². The summed E-state index contributed by atoms with van der Waals surface area (Å²) in [5, 5.41) is 3.52. The standard InChI is InChI=1S/C17H22N3OP/c1-14-4-8-17(9-5-14)20-12-13-21-22(20)18-15-6-10-16(11-7-15)19(2)3/h4-11,18H,12-13H2,1-3H3. The van der Waals surface area contributed by atoms with Crippen molar-refractivity contribution in [2.75, 3.05) is 41.9 Å². The fraction of sp³-hybridized carbons (Fsp3) is 0.294. The first kappa shape index (κ1) is 15.1. The minimum atomic E-state index is -0.826. The van der Waals surface area contributed by atoms with Gasteiger partial charge in [-0.1, -0.05) is 17.7 Å². The van der Waals surface area contributed by atoms with Gasteiger partial charge in [-0.25, -0.2) is 0 Å². The zero-order valence-corrected chi connectivity index (χ0v) is 14.2. The van der Waals surface area contributed by atoms with Crippen LogP contribution in [0.3, 0.4) is 0 Å². The van der Waals surface area contributed by atoms with E-state index in [1.165, 1.54) is 16.9 Å². The van der Waals surface area contributed by atoms with Gasteiger partial charge in [-0.15, -0.1) is 0 Å². The van der Waals surface area contributed by atoms with E-state index >= 15 is 0 Å². The Morgan fingerprint density at radius 3 is 2.36 bits per heavy atom. The zero-order chi connectivity index (χ0) is 15.5. The third-order valence-electron chi connectivity index (χ3n) is 3.68. The van der Waals surface area contributed by atoms with Crippen LogP contribution in [-0.2, 0) is 4.52 Å². The molecule has 5 heteroatoms. The molecule has 116 valence electrons. The van der Waals surface area contributed by atoms with Crippen LogP contribution in [0.15, 0.2) is 48.5 Å². The Bertz CT molecular complexity index is 613. The minimum Gasteiger partial charge on any atom is -0.378 e. The van der Waals surface area contributed by atoms with E-state index in [0.29, 0.717) is 0 Å². The van der Waals surface area contributed by atoms with Crippen LogP contribution in [-0.4, -0.2) is 27.2 Å². The number of nitrogens with zero attached hydrogens (tertiary/aromatic N) is 2. The maximum absolute atomic E-state index is 5.90. The molecule has 0 aliphatic carbocycles. The Hall–Kier alpha value is -1.77. The Balaban J connectivity index is 1.72. The molecule has 1 N–H and O–H groups in total. The average molecular weight is 315 g/mol. The minimum absolute atomic E-state index is 0.766. The van der Waals surface area contributed by atoms with E-state index in [1.54, 1.807) is 0 Å². The normalized spacial score (nSPS) is 17.6. The lowest BCUT2D eigenvalue weighted by Crippen LogP contribution is -2.15. The molecule has 0 radical (unpaired) electrons. The Kier molecular flexibility index (Phi) is 4.51. The monoisotopic (exact) mass is 315 g/mol. The predicted octanol–water partition coefficient (Wildman–Crippen LogP) is 4.24. The van der Waals surface area contributed by atoms with Gasteiger partial charge < -0.3 is 19.2 Å². The first-order valence-electron chi connectivity index (χ1n) is 7.45. The molecule has 3 rings (SSSR count). The topological polar surface area (TPSA) is 27.7 Å².